The third kappa shape index (κ3) is 3.70. The quantitative estimate of drug-likeness (QED) is 0.824. The van der Waals surface area contributed by atoms with Crippen molar-refractivity contribution in [3.8, 4) is 0 Å². The molecule has 24 heavy (non-hydrogen) atoms. The van der Waals surface area contributed by atoms with Crippen molar-refractivity contribution in [3.05, 3.63) is 30.1 Å². The molecule has 3 rings (SSSR count). The highest BCUT2D eigenvalue weighted by molar-refractivity contribution is 5.72. The summed E-state index contributed by atoms with van der Waals surface area (Å²) in [5.41, 5.74) is 0.544. The lowest BCUT2D eigenvalue weighted by molar-refractivity contribution is -0.145. The summed E-state index contributed by atoms with van der Waals surface area (Å²) in [6.07, 6.45) is 2.43. The molecule has 5 nitrogen and oxygen atoms in total. The van der Waals surface area contributed by atoms with Gasteiger partial charge >= 0.3 is 5.97 Å². The van der Waals surface area contributed by atoms with Crippen molar-refractivity contribution < 1.29 is 19.0 Å². The Kier molecular flexibility index (Phi) is 5.36. The van der Waals surface area contributed by atoms with Crippen molar-refractivity contribution in [2.45, 2.75) is 43.9 Å². The zero-order valence-corrected chi connectivity index (χ0v) is 14.0. The standard InChI is InChI=1S/C18H25FN2O3/c1-24-18(23)12-10-16(17(22)11-12)21-8-6-13(7-9-21)20-15-5-3-2-4-14(15)19/h2-5,12-13,16-17,20,22H,6-11H2,1H3/t12-,16-,17-/m0/s1. The van der Waals surface area contributed by atoms with Gasteiger partial charge in [0.15, 0.2) is 0 Å². The van der Waals surface area contributed by atoms with Gasteiger partial charge in [0, 0.05) is 25.2 Å². The lowest BCUT2D eigenvalue weighted by atomic mass is 10.0. The Bertz CT molecular complexity index is 575. The number of esters is 1. The van der Waals surface area contributed by atoms with Crippen molar-refractivity contribution in [2.75, 3.05) is 25.5 Å². The molecule has 0 aromatic heterocycles. The third-order valence-electron chi connectivity index (χ3n) is 5.26. The zero-order chi connectivity index (χ0) is 17.1. The average molecular weight is 336 g/mol. The van der Waals surface area contributed by atoms with E-state index >= 15 is 0 Å². The van der Waals surface area contributed by atoms with Crippen LogP contribution < -0.4 is 5.32 Å². The van der Waals surface area contributed by atoms with Crippen LogP contribution in [0.25, 0.3) is 0 Å². The van der Waals surface area contributed by atoms with Crippen molar-refractivity contribution >= 4 is 11.7 Å². The van der Waals surface area contributed by atoms with E-state index in [1.165, 1.54) is 13.2 Å². The molecular formula is C18H25FN2O3. The monoisotopic (exact) mass is 336 g/mol. The number of nitrogens with zero attached hydrogens (tertiary/aromatic N) is 1. The number of aliphatic hydroxyl groups is 1. The van der Waals surface area contributed by atoms with E-state index in [2.05, 4.69) is 10.2 Å². The number of carbonyl (C=O) groups is 1. The molecule has 0 unspecified atom stereocenters. The number of para-hydroxylation sites is 1. The van der Waals surface area contributed by atoms with Gasteiger partial charge in [0.1, 0.15) is 5.82 Å². The molecule has 2 fully saturated rings. The van der Waals surface area contributed by atoms with Gasteiger partial charge in [0.05, 0.1) is 24.8 Å². The highest BCUT2D eigenvalue weighted by atomic mass is 19.1. The largest absolute Gasteiger partial charge is 0.469 e. The molecule has 1 heterocycles. The van der Waals surface area contributed by atoms with Crippen LogP contribution in [0, 0.1) is 11.7 Å². The van der Waals surface area contributed by atoms with Crippen molar-refractivity contribution in [1.82, 2.24) is 4.90 Å². The van der Waals surface area contributed by atoms with Crippen LogP contribution in [0.3, 0.4) is 0 Å². The van der Waals surface area contributed by atoms with E-state index < -0.39 is 6.10 Å². The Balaban J connectivity index is 1.52. The van der Waals surface area contributed by atoms with Crippen LogP contribution in [0.4, 0.5) is 10.1 Å². The van der Waals surface area contributed by atoms with Gasteiger partial charge in [0.25, 0.3) is 0 Å². The fraction of sp³-hybridized carbons (Fsp3) is 0.611. The summed E-state index contributed by atoms with van der Waals surface area (Å²) in [4.78, 5) is 13.9. The van der Waals surface area contributed by atoms with Crippen molar-refractivity contribution in [3.63, 3.8) is 0 Å². The summed E-state index contributed by atoms with van der Waals surface area (Å²) in [6, 6.07) is 6.96. The number of benzene rings is 1. The Labute approximate surface area is 141 Å². The second-order valence-corrected chi connectivity index (χ2v) is 6.76. The van der Waals surface area contributed by atoms with Gasteiger partial charge in [-0.2, -0.15) is 0 Å². The predicted molar refractivity (Wildman–Crippen MR) is 89.2 cm³/mol. The smallest absolute Gasteiger partial charge is 0.308 e. The molecular weight excluding hydrogens is 311 g/mol. The summed E-state index contributed by atoms with van der Waals surface area (Å²) in [7, 11) is 1.39. The zero-order valence-electron chi connectivity index (χ0n) is 14.0. The first-order valence-corrected chi connectivity index (χ1v) is 8.59. The predicted octanol–water partition coefficient (Wildman–Crippen LogP) is 2.01. The second kappa shape index (κ2) is 7.49. The molecule has 3 atom stereocenters. The minimum Gasteiger partial charge on any atom is -0.469 e. The van der Waals surface area contributed by atoms with E-state index in [-0.39, 0.29) is 29.8 Å². The maximum Gasteiger partial charge on any atom is 0.308 e. The molecule has 0 amide bonds. The molecule has 132 valence electrons. The van der Waals surface area contributed by atoms with E-state index in [9.17, 15) is 14.3 Å². The van der Waals surface area contributed by atoms with Crippen LogP contribution in [0.15, 0.2) is 24.3 Å². The second-order valence-electron chi connectivity index (χ2n) is 6.76. The fourth-order valence-electron chi connectivity index (χ4n) is 3.92. The molecule has 1 aromatic rings. The number of aliphatic hydroxyl groups excluding tert-OH is 1. The Morgan fingerprint density at radius 3 is 2.67 bits per heavy atom. The molecule has 1 aliphatic heterocycles. The Morgan fingerprint density at radius 2 is 2.00 bits per heavy atom. The summed E-state index contributed by atoms with van der Waals surface area (Å²) < 4.78 is 18.5. The topological polar surface area (TPSA) is 61.8 Å². The van der Waals surface area contributed by atoms with Gasteiger partial charge in [-0.1, -0.05) is 12.1 Å². The molecule has 6 heteroatoms. The van der Waals surface area contributed by atoms with Gasteiger partial charge in [-0.3, -0.25) is 9.69 Å². The molecule has 1 aliphatic carbocycles. The number of ether oxygens (including phenoxy) is 1. The first-order chi connectivity index (χ1) is 11.6. The fourth-order valence-corrected chi connectivity index (χ4v) is 3.92. The molecule has 2 N–H and O–H groups in total. The third-order valence-corrected chi connectivity index (χ3v) is 5.26. The highest BCUT2D eigenvalue weighted by Gasteiger charge is 2.41. The van der Waals surface area contributed by atoms with E-state index in [4.69, 9.17) is 4.74 Å². The number of carbonyl (C=O) groups excluding carboxylic acids is 1. The van der Waals surface area contributed by atoms with Crippen LogP contribution >= 0.6 is 0 Å². The summed E-state index contributed by atoms with van der Waals surface area (Å²) in [5.74, 6) is -0.663. The summed E-state index contributed by atoms with van der Waals surface area (Å²) in [5, 5.41) is 13.5. The minimum atomic E-state index is -0.481. The van der Waals surface area contributed by atoms with Crippen LogP contribution in [0.2, 0.25) is 0 Å². The molecule has 0 bridgehead atoms. The number of methoxy groups -OCH3 is 1. The number of rotatable bonds is 4. The first kappa shape index (κ1) is 17.2. The van der Waals surface area contributed by atoms with Crippen molar-refractivity contribution in [2.24, 2.45) is 5.92 Å². The molecule has 1 aromatic carbocycles. The molecule has 2 aliphatic rings. The Morgan fingerprint density at radius 1 is 1.29 bits per heavy atom. The number of nitrogens with one attached hydrogen (secondary N) is 1. The molecule has 1 saturated heterocycles. The number of hydrogen-bond acceptors (Lipinski definition) is 5. The van der Waals surface area contributed by atoms with Crippen LogP contribution in [-0.2, 0) is 9.53 Å². The molecule has 1 saturated carbocycles. The summed E-state index contributed by atoms with van der Waals surface area (Å²) >= 11 is 0. The van der Waals surface area contributed by atoms with Gasteiger partial charge in [-0.05, 0) is 37.8 Å². The maximum absolute atomic E-state index is 13.7. The number of halogens is 1. The van der Waals surface area contributed by atoms with Crippen molar-refractivity contribution in [1.29, 1.82) is 0 Å². The SMILES string of the molecule is COC(=O)[C@@H]1C[C@H](O)[C@@H](N2CCC(Nc3ccccc3F)CC2)C1. The van der Waals surface area contributed by atoms with Crippen LogP contribution in [0.1, 0.15) is 25.7 Å². The van der Waals surface area contributed by atoms with E-state index in [0.717, 1.165) is 25.9 Å². The normalized spacial score (nSPS) is 28.7. The van der Waals surface area contributed by atoms with Gasteiger partial charge in [-0.15, -0.1) is 0 Å². The lowest BCUT2D eigenvalue weighted by Crippen LogP contribution is -2.47. The minimum absolute atomic E-state index is 0.0171. The number of anilines is 1. The molecule has 0 radical (unpaired) electrons. The van der Waals surface area contributed by atoms with Crippen LogP contribution in [0.5, 0.6) is 0 Å². The van der Waals surface area contributed by atoms with E-state index in [0.29, 0.717) is 18.5 Å². The van der Waals surface area contributed by atoms with Crippen LogP contribution in [-0.4, -0.2) is 54.4 Å². The lowest BCUT2D eigenvalue weighted by Gasteiger charge is -2.37. The molecule has 0 spiro atoms. The summed E-state index contributed by atoms with van der Waals surface area (Å²) in [6.45, 7) is 1.67. The number of likely N-dealkylation sites (tertiary alicyclic amines) is 1. The Hall–Kier alpha value is -1.66. The van der Waals surface area contributed by atoms with Gasteiger partial charge < -0.3 is 15.2 Å². The maximum atomic E-state index is 13.7. The van der Waals surface area contributed by atoms with Gasteiger partial charge in [0.2, 0.25) is 0 Å². The average Bonchev–Trinajstić information content (AvgIpc) is 2.99. The van der Waals surface area contributed by atoms with E-state index in [1.54, 1.807) is 12.1 Å². The van der Waals surface area contributed by atoms with E-state index in [1.807, 2.05) is 6.07 Å². The first-order valence-electron chi connectivity index (χ1n) is 8.59. The number of piperidine rings is 1. The van der Waals surface area contributed by atoms with Gasteiger partial charge in [-0.25, -0.2) is 4.39 Å². The highest BCUT2D eigenvalue weighted by Crippen LogP contribution is 2.32. The number of hydrogen-bond donors (Lipinski definition) is 2.